The summed E-state index contributed by atoms with van der Waals surface area (Å²) in [6.45, 7) is 0.661. The van der Waals surface area contributed by atoms with Crippen molar-refractivity contribution in [3.05, 3.63) is 70.8 Å². The molecule has 1 aromatic heterocycles. The number of esters is 1. The number of carboxylic acids is 1. The summed E-state index contributed by atoms with van der Waals surface area (Å²) in [5.41, 5.74) is 1.42. The lowest BCUT2D eigenvalue weighted by Gasteiger charge is -2.20. The molecule has 0 unspecified atom stereocenters. The predicted octanol–water partition coefficient (Wildman–Crippen LogP) is 1.86. The zero-order chi connectivity index (χ0) is 26.2. The molecule has 1 amide bonds. The molecule has 0 aliphatic carbocycles. The molecule has 0 aliphatic heterocycles. The molecule has 1 heterocycles. The Hall–Kier alpha value is -4.03. The molecular formula is C23H22ClFN4O7. The molecule has 3 rings (SSSR count). The van der Waals surface area contributed by atoms with E-state index in [1.54, 1.807) is 24.3 Å². The number of carbonyl (C=O) groups is 3. The molecule has 0 saturated heterocycles. The molecule has 11 nitrogen and oxygen atoms in total. The number of aliphatic hydroxyl groups excluding tert-OH is 1. The van der Waals surface area contributed by atoms with Crippen LogP contribution in [0, 0.1) is 5.82 Å². The quantitative estimate of drug-likeness (QED) is 0.254. The third kappa shape index (κ3) is 7.23. The standard InChI is InChI=1S/C23H22ClFN4O7/c1-13(30)35-12-36-29-20(11-26-28-29)22(32)27-17(10-21(31)23(33)34)8-14-2-4-15(5-3-14)18-9-16(24)6-7-19(18)25/h2-7,9,11,17,21,31H,8,10,12H2,1H3,(H,27,32)(H,33,34)/t17-,21-/m1/s1. The smallest absolute Gasteiger partial charge is 0.332 e. The van der Waals surface area contributed by atoms with E-state index in [0.29, 0.717) is 21.7 Å². The summed E-state index contributed by atoms with van der Waals surface area (Å²) in [5, 5.41) is 29.2. The lowest BCUT2D eigenvalue weighted by molar-refractivity contribution is -0.155. The van der Waals surface area contributed by atoms with Gasteiger partial charge in [0.2, 0.25) is 0 Å². The van der Waals surface area contributed by atoms with Crippen LogP contribution >= 0.6 is 11.6 Å². The number of hydrogen-bond acceptors (Lipinski definition) is 8. The van der Waals surface area contributed by atoms with Gasteiger partial charge in [-0.05, 0) is 41.0 Å². The summed E-state index contributed by atoms with van der Waals surface area (Å²) < 4.78 is 18.8. The van der Waals surface area contributed by atoms with E-state index in [1.165, 1.54) is 25.1 Å². The number of carboxylic acid groups (broad SMARTS) is 1. The SMILES string of the molecule is CC(=O)OCOn1nncc1C(=O)N[C@H](Cc1ccc(-c2cc(Cl)ccc2F)cc1)C[C@@H](O)C(=O)O. The van der Waals surface area contributed by atoms with Crippen molar-refractivity contribution in [3.63, 3.8) is 0 Å². The number of ether oxygens (including phenoxy) is 1. The molecule has 2 aromatic carbocycles. The molecule has 3 N–H and O–H groups in total. The van der Waals surface area contributed by atoms with Crippen LogP contribution in [0.2, 0.25) is 5.02 Å². The molecule has 0 radical (unpaired) electrons. The van der Waals surface area contributed by atoms with Crippen LogP contribution < -0.4 is 10.2 Å². The Kier molecular flexibility index (Phi) is 8.92. The van der Waals surface area contributed by atoms with Gasteiger partial charge in [0.05, 0.1) is 6.20 Å². The monoisotopic (exact) mass is 520 g/mol. The molecule has 2 atom stereocenters. The van der Waals surface area contributed by atoms with Gasteiger partial charge in [0.15, 0.2) is 11.8 Å². The van der Waals surface area contributed by atoms with Crippen molar-refractivity contribution in [1.29, 1.82) is 0 Å². The second-order valence-corrected chi connectivity index (χ2v) is 8.10. The number of benzene rings is 2. The second-order valence-electron chi connectivity index (χ2n) is 7.66. The summed E-state index contributed by atoms with van der Waals surface area (Å²) in [7, 11) is 0. The number of carbonyl (C=O) groups excluding carboxylic acids is 2. The highest BCUT2D eigenvalue weighted by Crippen LogP contribution is 2.26. The maximum atomic E-state index is 14.2. The van der Waals surface area contributed by atoms with Crippen LogP contribution in [0.5, 0.6) is 0 Å². The molecule has 0 aliphatic rings. The van der Waals surface area contributed by atoms with Crippen molar-refractivity contribution in [3.8, 4) is 11.1 Å². The van der Waals surface area contributed by atoms with Crippen molar-refractivity contribution >= 4 is 29.4 Å². The first-order valence-electron chi connectivity index (χ1n) is 10.6. The Morgan fingerprint density at radius 2 is 1.92 bits per heavy atom. The van der Waals surface area contributed by atoms with Crippen molar-refractivity contribution in [1.82, 2.24) is 20.5 Å². The third-order valence-electron chi connectivity index (χ3n) is 4.99. The summed E-state index contributed by atoms with van der Waals surface area (Å²) in [6.07, 6.45) is -0.799. The molecule has 13 heteroatoms. The first kappa shape index (κ1) is 26.6. The van der Waals surface area contributed by atoms with E-state index in [9.17, 15) is 23.9 Å². The Morgan fingerprint density at radius 3 is 2.58 bits per heavy atom. The van der Waals surface area contributed by atoms with Crippen molar-refractivity contribution < 1.29 is 38.6 Å². The van der Waals surface area contributed by atoms with E-state index < -0.39 is 42.6 Å². The molecule has 36 heavy (non-hydrogen) atoms. The van der Waals surface area contributed by atoms with Crippen LogP contribution in [0.4, 0.5) is 4.39 Å². The van der Waals surface area contributed by atoms with Gasteiger partial charge in [-0.15, -0.1) is 5.10 Å². The number of hydrogen-bond donors (Lipinski definition) is 3. The van der Waals surface area contributed by atoms with Crippen molar-refractivity contribution in [2.45, 2.75) is 31.9 Å². The number of aromatic nitrogens is 3. The first-order valence-corrected chi connectivity index (χ1v) is 10.9. The van der Waals surface area contributed by atoms with Gasteiger partial charge in [0, 0.05) is 30.0 Å². The van der Waals surface area contributed by atoms with E-state index in [-0.39, 0.29) is 18.5 Å². The average Bonchev–Trinajstić information content (AvgIpc) is 3.29. The third-order valence-corrected chi connectivity index (χ3v) is 5.23. The number of nitrogens with one attached hydrogen (secondary N) is 1. The minimum atomic E-state index is -1.74. The van der Waals surface area contributed by atoms with Gasteiger partial charge in [-0.3, -0.25) is 9.59 Å². The highest BCUT2D eigenvalue weighted by molar-refractivity contribution is 6.30. The topological polar surface area (TPSA) is 153 Å². The number of rotatable bonds is 11. The summed E-state index contributed by atoms with van der Waals surface area (Å²) >= 11 is 5.96. The van der Waals surface area contributed by atoms with E-state index in [4.69, 9.17) is 21.5 Å². The van der Waals surface area contributed by atoms with Gasteiger partial charge >= 0.3 is 11.9 Å². The summed E-state index contributed by atoms with van der Waals surface area (Å²) in [5.74, 6) is -3.21. The average molecular weight is 521 g/mol. The molecule has 0 spiro atoms. The van der Waals surface area contributed by atoms with Gasteiger partial charge in [-0.2, -0.15) is 0 Å². The molecule has 0 bridgehead atoms. The molecule has 0 fully saturated rings. The molecule has 190 valence electrons. The number of halogens is 2. The van der Waals surface area contributed by atoms with Crippen LogP contribution in [-0.4, -0.2) is 62.2 Å². The largest absolute Gasteiger partial charge is 0.479 e. The van der Waals surface area contributed by atoms with Gasteiger partial charge in [-0.1, -0.05) is 40.7 Å². The lowest BCUT2D eigenvalue weighted by atomic mass is 9.97. The predicted molar refractivity (Wildman–Crippen MR) is 123 cm³/mol. The lowest BCUT2D eigenvalue weighted by Crippen LogP contribution is -2.41. The van der Waals surface area contributed by atoms with Gasteiger partial charge in [0.1, 0.15) is 5.82 Å². The maximum Gasteiger partial charge on any atom is 0.332 e. The molecule has 3 aromatic rings. The van der Waals surface area contributed by atoms with Crippen LogP contribution in [0.3, 0.4) is 0 Å². The van der Waals surface area contributed by atoms with Crippen LogP contribution in [-0.2, 0) is 20.7 Å². The van der Waals surface area contributed by atoms with Crippen molar-refractivity contribution in [2.24, 2.45) is 0 Å². The first-order chi connectivity index (χ1) is 17.1. The van der Waals surface area contributed by atoms with Crippen LogP contribution in [0.15, 0.2) is 48.7 Å². The zero-order valence-electron chi connectivity index (χ0n) is 18.9. The minimum absolute atomic E-state index is 0.143. The highest BCUT2D eigenvalue weighted by Gasteiger charge is 2.24. The maximum absolute atomic E-state index is 14.2. The summed E-state index contributed by atoms with van der Waals surface area (Å²) in [4.78, 5) is 40.7. The fraction of sp³-hybridized carbons (Fsp3) is 0.261. The van der Waals surface area contributed by atoms with Crippen LogP contribution in [0.1, 0.15) is 29.4 Å². The normalized spacial score (nSPS) is 12.4. The Bertz CT molecular complexity index is 1240. The van der Waals surface area contributed by atoms with E-state index in [2.05, 4.69) is 20.4 Å². The fourth-order valence-electron chi connectivity index (χ4n) is 3.27. The minimum Gasteiger partial charge on any atom is -0.479 e. The highest BCUT2D eigenvalue weighted by atomic mass is 35.5. The Labute approximate surface area is 209 Å². The summed E-state index contributed by atoms with van der Waals surface area (Å²) in [6, 6.07) is 10.1. The number of amides is 1. The van der Waals surface area contributed by atoms with Crippen LogP contribution in [0.25, 0.3) is 11.1 Å². The van der Waals surface area contributed by atoms with Gasteiger partial charge in [0.25, 0.3) is 12.7 Å². The van der Waals surface area contributed by atoms with Gasteiger partial charge < -0.3 is 25.1 Å². The van der Waals surface area contributed by atoms with Crippen molar-refractivity contribution in [2.75, 3.05) is 6.79 Å². The van der Waals surface area contributed by atoms with E-state index in [1.807, 2.05) is 0 Å². The van der Waals surface area contributed by atoms with E-state index >= 15 is 0 Å². The molecular weight excluding hydrogens is 499 g/mol. The fourth-order valence-corrected chi connectivity index (χ4v) is 3.44. The number of aliphatic hydroxyl groups is 1. The Morgan fingerprint density at radius 1 is 1.19 bits per heavy atom. The number of aliphatic carboxylic acids is 1. The zero-order valence-corrected chi connectivity index (χ0v) is 19.7. The number of nitrogens with zero attached hydrogens (tertiary/aromatic N) is 3. The Balaban J connectivity index is 1.75. The van der Waals surface area contributed by atoms with Gasteiger partial charge in [-0.25, -0.2) is 9.18 Å². The van der Waals surface area contributed by atoms with E-state index in [0.717, 1.165) is 11.0 Å². The molecule has 0 saturated carbocycles. The second kappa shape index (κ2) is 12.1.